The van der Waals surface area contributed by atoms with Gasteiger partial charge in [0.2, 0.25) is 0 Å². The van der Waals surface area contributed by atoms with Crippen LogP contribution in [0.1, 0.15) is 26.2 Å². The molecule has 0 rings (SSSR count). The van der Waals surface area contributed by atoms with Gasteiger partial charge in [-0.15, -0.1) is 0 Å². The van der Waals surface area contributed by atoms with Crippen LogP contribution in [0, 0.1) is 6.42 Å². The van der Waals surface area contributed by atoms with Crippen molar-refractivity contribution in [2.45, 2.75) is 26.2 Å². The van der Waals surface area contributed by atoms with Gasteiger partial charge >= 0.3 is 0 Å². The third-order valence-corrected chi connectivity index (χ3v) is 1.10. The Bertz CT molecular complexity index is 80.0. The minimum absolute atomic E-state index is 1.15. The van der Waals surface area contributed by atoms with Crippen LogP contribution in [0.5, 0.6) is 0 Å². The van der Waals surface area contributed by atoms with Gasteiger partial charge < -0.3 is 0 Å². The molecule has 0 aliphatic rings. The highest BCUT2D eigenvalue weighted by atomic mass is 13.8. The number of hydrogen-bond donors (Lipinski definition) is 0. The normalized spacial score (nSPS) is 10.3. The van der Waals surface area contributed by atoms with Gasteiger partial charge in [0.05, 0.1) is 0 Å². The molecule has 0 bridgehead atoms. The van der Waals surface area contributed by atoms with Gasteiger partial charge in [0.25, 0.3) is 0 Å². The second-order valence-corrected chi connectivity index (χ2v) is 1.94. The molecule has 0 N–H and O–H groups in total. The maximum Gasteiger partial charge on any atom is -0.0345 e. The molecule has 0 unspecified atom stereocenters. The van der Waals surface area contributed by atoms with Crippen LogP contribution in [0.15, 0.2) is 24.8 Å². The zero-order valence-corrected chi connectivity index (χ0v) is 6.14. The molecule has 0 fully saturated rings. The van der Waals surface area contributed by atoms with Gasteiger partial charge in [-0.1, -0.05) is 38.2 Å². The number of hydrogen-bond acceptors (Lipinski definition) is 0. The third-order valence-electron chi connectivity index (χ3n) is 1.10. The van der Waals surface area contributed by atoms with Gasteiger partial charge in [0.1, 0.15) is 0 Å². The molecule has 0 aromatic carbocycles. The quantitative estimate of drug-likeness (QED) is 0.389. The summed E-state index contributed by atoms with van der Waals surface area (Å²) in [4.78, 5) is 0. The maximum absolute atomic E-state index is 3.58. The molecule has 1 radical (unpaired) electrons. The average molecular weight is 123 g/mol. The molecule has 0 spiro atoms. The Morgan fingerprint density at radius 2 is 2.11 bits per heavy atom. The Kier molecular flexibility index (Phi) is 7.05. The van der Waals surface area contributed by atoms with E-state index in [2.05, 4.69) is 26.0 Å². The van der Waals surface area contributed by atoms with Crippen LogP contribution in [0.3, 0.4) is 0 Å². The lowest BCUT2D eigenvalue weighted by Crippen LogP contribution is -1.70. The molecule has 9 heavy (non-hydrogen) atoms. The lowest BCUT2D eigenvalue weighted by Gasteiger charge is -1.88. The van der Waals surface area contributed by atoms with Crippen LogP contribution in [-0.4, -0.2) is 0 Å². The van der Waals surface area contributed by atoms with Crippen molar-refractivity contribution >= 4 is 0 Å². The standard InChI is InChI=1S/C9H15/c1-3-5-7-9-8-6-4-2/h3,5-7H,1,4,8-9H2,2H3/b7-5+. The molecule has 0 nitrogen and oxygen atoms in total. The first-order valence-electron chi connectivity index (χ1n) is 3.51. The molecule has 0 saturated heterocycles. The molecule has 0 aliphatic carbocycles. The van der Waals surface area contributed by atoms with Crippen LogP contribution >= 0.6 is 0 Å². The Hall–Kier alpha value is -0.520. The number of rotatable bonds is 5. The summed E-state index contributed by atoms with van der Waals surface area (Å²) in [6.45, 7) is 5.75. The highest BCUT2D eigenvalue weighted by molar-refractivity contribution is 4.97. The number of allylic oxidation sites excluding steroid dienone is 3. The zero-order valence-electron chi connectivity index (χ0n) is 6.14. The predicted octanol–water partition coefficient (Wildman–Crippen LogP) is 3.12. The van der Waals surface area contributed by atoms with Crippen molar-refractivity contribution in [1.82, 2.24) is 0 Å². The van der Waals surface area contributed by atoms with Gasteiger partial charge in [-0.25, -0.2) is 0 Å². The van der Waals surface area contributed by atoms with E-state index in [9.17, 15) is 0 Å². The molecule has 0 aliphatic heterocycles. The minimum Gasteiger partial charge on any atom is -0.0991 e. The summed E-state index contributed by atoms with van der Waals surface area (Å²) in [7, 11) is 0. The molecule has 0 amide bonds. The van der Waals surface area contributed by atoms with Crippen LogP contribution < -0.4 is 0 Å². The third kappa shape index (κ3) is 7.48. The smallest absolute Gasteiger partial charge is 0.0345 e. The molecule has 0 heterocycles. The summed E-state index contributed by atoms with van der Waals surface area (Å²) >= 11 is 0. The molecular formula is C9H15. The number of unbranched alkanes of at least 4 members (excludes halogenated alkanes) is 3. The zero-order chi connectivity index (χ0) is 6.95. The Morgan fingerprint density at radius 3 is 2.67 bits per heavy atom. The monoisotopic (exact) mass is 123 g/mol. The van der Waals surface area contributed by atoms with Crippen molar-refractivity contribution in [3.05, 3.63) is 31.2 Å². The van der Waals surface area contributed by atoms with Gasteiger partial charge in [0.15, 0.2) is 0 Å². The van der Waals surface area contributed by atoms with Crippen molar-refractivity contribution in [2.75, 3.05) is 0 Å². The van der Waals surface area contributed by atoms with Gasteiger partial charge in [0, 0.05) is 0 Å². The van der Waals surface area contributed by atoms with E-state index in [0.717, 1.165) is 6.42 Å². The Balaban J connectivity index is 2.90. The van der Waals surface area contributed by atoms with Crippen LogP contribution in [0.2, 0.25) is 0 Å². The fourth-order valence-electron chi connectivity index (χ4n) is 0.611. The summed E-state index contributed by atoms with van der Waals surface area (Å²) in [6, 6.07) is 0. The summed E-state index contributed by atoms with van der Waals surface area (Å²) in [5, 5.41) is 0. The minimum atomic E-state index is 1.15. The predicted molar refractivity (Wildman–Crippen MR) is 43.2 cm³/mol. The van der Waals surface area contributed by atoms with E-state index in [0.29, 0.717) is 0 Å². The molecule has 0 aromatic rings. The van der Waals surface area contributed by atoms with E-state index in [1.54, 1.807) is 0 Å². The first-order valence-corrected chi connectivity index (χ1v) is 3.51. The molecule has 0 atom stereocenters. The second-order valence-electron chi connectivity index (χ2n) is 1.94. The van der Waals surface area contributed by atoms with Crippen molar-refractivity contribution in [2.24, 2.45) is 0 Å². The fraction of sp³-hybridized carbons (Fsp3) is 0.444. The van der Waals surface area contributed by atoms with Crippen LogP contribution in [0.4, 0.5) is 0 Å². The van der Waals surface area contributed by atoms with Crippen molar-refractivity contribution in [3.8, 4) is 0 Å². The van der Waals surface area contributed by atoms with Crippen LogP contribution in [0.25, 0.3) is 0 Å². The van der Waals surface area contributed by atoms with E-state index in [4.69, 9.17) is 0 Å². The van der Waals surface area contributed by atoms with E-state index in [-0.39, 0.29) is 0 Å². The molecule has 51 valence electrons. The first-order chi connectivity index (χ1) is 4.41. The van der Waals surface area contributed by atoms with E-state index < -0.39 is 0 Å². The Morgan fingerprint density at radius 1 is 1.33 bits per heavy atom. The SMILES string of the molecule is C=C/C=C/CC[CH]CC. The lowest BCUT2D eigenvalue weighted by atomic mass is 10.2. The highest BCUT2D eigenvalue weighted by Crippen LogP contribution is 1.97. The first kappa shape index (κ1) is 8.48. The van der Waals surface area contributed by atoms with Crippen molar-refractivity contribution in [1.29, 1.82) is 0 Å². The van der Waals surface area contributed by atoms with E-state index in [1.165, 1.54) is 12.8 Å². The Labute approximate surface area is 58.3 Å². The molecule has 0 saturated carbocycles. The fourth-order valence-corrected chi connectivity index (χ4v) is 0.611. The van der Waals surface area contributed by atoms with Crippen molar-refractivity contribution < 1.29 is 0 Å². The largest absolute Gasteiger partial charge is 0.0991 e. The molecule has 0 heteroatoms. The summed E-state index contributed by atoms with van der Waals surface area (Å²) in [6.07, 6.45) is 11.8. The topological polar surface area (TPSA) is 0 Å². The van der Waals surface area contributed by atoms with Gasteiger partial charge in [-0.3, -0.25) is 0 Å². The molecular weight excluding hydrogens is 108 g/mol. The van der Waals surface area contributed by atoms with Crippen molar-refractivity contribution in [3.63, 3.8) is 0 Å². The average Bonchev–Trinajstić information content (AvgIpc) is 1.89. The van der Waals surface area contributed by atoms with Gasteiger partial charge in [-0.2, -0.15) is 0 Å². The summed E-state index contributed by atoms with van der Waals surface area (Å²) < 4.78 is 0. The van der Waals surface area contributed by atoms with E-state index in [1.807, 2.05) is 12.2 Å². The second kappa shape index (κ2) is 7.48. The molecule has 0 aromatic heterocycles. The lowest BCUT2D eigenvalue weighted by molar-refractivity contribution is 0.901. The van der Waals surface area contributed by atoms with Gasteiger partial charge in [-0.05, 0) is 19.3 Å². The van der Waals surface area contributed by atoms with E-state index >= 15 is 0 Å². The summed E-state index contributed by atoms with van der Waals surface area (Å²) in [5.41, 5.74) is 0. The maximum atomic E-state index is 3.58. The summed E-state index contributed by atoms with van der Waals surface area (Å²) in [5.74, 6) is 0. The van der Waals surface area contributed by atoms with Crippen LogP contribution in [-0.2, 0) is 0 Å². The highest BCUT2D eigenvalue weighted by Gasteiger charge is 1.79.